The third-order valence-electron chi connectivity index (χ3n) is 4.95. The molecule has 0 spiro atoms. The van der Waals surface area contributed by atoms with Gasteiger partial charge in [-0.05, 0) is 39.3 Å². The van der Waals surface area contributed by atoms with Crippen LogP contribution in [0.4, 0.5) is 15.8 Å². The maximum Gasteiger partial charge on any atom is 0.157 e. The Morgan fingerprint density at radius 3 is 2.85 bits per heavy atom. The first kappa shape index (κ1) is 19.2. The van der Waals surface area contributed by atoms with Gasteiger partial charge in [-0.3, -0.25) is 0 Å². The van der Waals surface area contributed by atoms with Crippen LogP contribution in [0.5, 0.6) is 5.75 Å². The van der Waals surface area contributed by atoms with Gasteiger partial charge in [0.25, 0.3) is 0 Å². The van der Waals surface area contributed by atoms with Crippen molar-refractivity contribution in [2.45, 2.75) is 38.5 Å². The summed E-state index contributed by atoms with van der Waals surface area (Å²) < 4.78 is 31.8. The van der Waals surface area contributed by atoms with Crippen LogP contribution in [0, 0.1) is 5.82 Å². The molecule has 26 heavy (non-hydrogen) atoms. The van der Waals surface area contributed by atoms with E-state index in [-0.39, 0.29) is 18.1 Å². The molecular formula is C19H30FN3O3. The quantitative estimate of drug-likeness (QED) is 0.616. The maximum absolute atomic E-state index is 14.7. The van der Waals surface area contributed by atoms with Crippen molar-refractivity contribution in [3.8, 4) is 5.75 Å². The Morgan fingerprint density at radius 1 is 1.27 bits per heavy atom. The van der Waals surface area contributed by atoms with Gasteiger partial charge in [0.1, 0.15) is 18.0 Å². The van der Waals surface area contributed by atoms with Gasteiger partial charge in [-0.1, -0.05) is 0 Å². The summed E-state index contributed by atoms with van der Waals surface area (Å²) in [5, 5.41) is 0. The fourth-order valence-electron chi connectivity index (χ4n) is 3.63. The van der Waals surface area contributed by atoms with Crippen LogP contribution in [0.3, 0.4) is 0 Å². The second-order valence-electron chi connectivity index (χ2n) is 7.17. The minimum atomic E-state index is -0.340. The highest BCUT2D eigenvalue weighted by atomic mass is 19.1. The first-order valence-electron chi connectivity index (χ1n) is 9.45. The van der Waals surface area contributed by atoms with E-state index in [9.17, 15) is 4.39 Å². The first-order chi connectivity index (χ1) is 12.5. The first-order valence-corrected chi connectivity index (χ1v) is 9.45. The third-order valence-corrected chi connectivity index (χ3v) is 4.95. The number of benzene rings is 1. The van der Waals surface area contributed by atoms with Crippen molar-refractivity contribution in [1.29, 1.82) is 0 Å². The normalized spacial score (nSPS) is 24.7. The molecule has 0 amide bonds. The predicted octanol–water partition coefficient (Wildman–Crippen LogP) is 2.47. The molecule has 0 saturated carbocycles. The Morgan fingerprint density at radius 2 is 2.12 bits per heavy atom. The molecule has 2 aliphatic heterocycles. The van der Waals surface area contributed by atoms with Crippen LogP contribution in [0.15, 0.2) is 12.1 Å². The number of hydrogen-bond acceptors (Lipinski definition) is 6. The minimum absolute atomic E-state index is 0.151. The molecule has 2 saturated heterocycles. The zero-order chi connectivity index (χ0) is 18.5. The molecule has 7 heteroatoms. The highest BCUT2D eigenvalue weighted by molar-refractivity contribution is 5.65. The SMILES string of the molecule is C[C@H]1CN(C)CCN1c1c(F)cc(N)cc1OCCOC1CCCCO1. The van der Waals surface area contributed by atoms with Crippen molar-refractivity contribution in [3.63, 3.8) is 0 Å². The molecule has 2 heterocycles. The van der Waals surface area contributed by atoms with Gasteiger partial charge in [-0.15, -0.1) is 0 Å². The van der Waals surface area contributed by atoms with Crippen LogP contribution in [0.25, 0.3) is 0 Å². The van der Waals surface area contributed by atoms with Gasteiger partial charge < -0.3 is 29.7 Å². The molecule has 0 aromatic heterocycles. The molecule has 0 radical (unpaired) electrons. The van der Waals surface area contributed by atoms with Crippen LogP contribution < -0.4 is 15.4 Å². The lowest BCUT2D eigenvalue weighted by atomic mass is 10.1. The average Bonchev–Trinajstić information content (AvgIpc) is 2.60. The molecule has 3 rings (SSSR count). The minimum Gasteiger partial charge on any atom is -0.489 e. The number of nitrogens with zero attached hydrogens (tertiary/aromatic N) is 2. The number of piperazine rings is 1. The largest absolute Gasteiger partial charge is 0.489 e. The van der Waals surface area contributed by atoms with Gasteiger partial charge in [0, 0.05) is 44.0 Å². The highest BCUT2D eigenvalue weighted by Crippen LogP contribution is 2.36. The number of halogens is 1. The summed E-state index contributed by atoms with van der Waals surface area (Å²) in [6.07, 6.45) is 2.97. The number of nitrogen functional groups attached to an aromatic ring is 1. The number of rotatable bonds is 6. The molecule has 0 bridgehead atoms. The lowest BCUT2D eigenvalue weighted by Crippen LogP contribution is -2.51. The molecule has 1 unspecified atom stereocenters. The highest BCUT2D eigenvalue weighted by Gasteiger charge is 2.27. The lowest BCUT2D eigenvalue weighted by Gasteiger charge is -2.40. The van der Waals surface area contributed by atoms with Crippen molar-refractivity contribution >= 4 is 11.4 Å². The van der Waals surface area contributed by atoms with E-state index in [0.717, 1.165) is 45.5 Å². The molecule has 1 aromatic carbocycles. The zero-order valence-corrected chi connectivity index (χ0v) is 15.7. The summed E-state index contributed by atoms with van der Waals surface area (Å²) in [6.45, 7) is 6.09. The van der Waals surface area contributed by atoms with E-state index in [1.54, 1.807) is 6.07 Å². The average molecular weight is 367 g/mol. The molecule has 1 aromatic rings. The van der Waals surface area contributed by atoms with E-state index < -0.39 is 0 Å². The van der Waals surface area contributed by atoms with Gasteiger partial charge in [0.05, 0.1) is 6.61 Å². The topological polar surface area (TPSA) is 60.2 Å². The van der Waals surface area contributed by atoms with Gasteiger partial charge in [0.2, 0.25) is 0 Å². The van der Waals surface area contributed by atoms with E-state index in [1.807, 2.05) is 0 Å². The molecular weight excluding hydrogens is 337 g/mol. The van der Waals surface area contributed by atoms with E-state index in [1.165, 1.54) is 6.07 Å². The van der Waals surface area contributed by atoms with E-state index in [2.05, 4.69) is 23.8 Å². The fourth-order valence-corrected chi connectivity index (χ4v) is 3.63. The number of hydrogen-bond donors (Lipinski definition) is 1. The van der Waals surface area contributed by atoms with Gasteiger partial charge >= 0.3 is 0 Å². The lowest BCUT2D eigenvalue weighted by molar-refractivity contribution is -0.165. The Kier molecular flexibility index (Phi) is 6.56. The summed E-state index contributed by atoms with van der Waals surface area (Å²) >= 11 is 0. The van der Waals surface area contributed by atoms with E-state index in [0.29, 0.717) is 30.3 Å². The summed E-state index contributed by atoms with van der Waals surface area (Å²) in [4.78, 5) is 4.31. The van der Waals surface area contributed by atoms with Gasteiger partial charge in [-0.2, -0.15) is 0 Å². The second kappa shape index (κ2) is 8.88. The Hall–Kier alpha value is -1.57. The summed E-state index contributed by atoms with van der Waals surface area (Å²) in [6, 6.07) is 3.25. The van der Waals surface area contributed by atoms with E-state index in [4.69, 9.17) is 19.9 Å². The summed E-state index contributed by atoms with van der Waals surface area (Å²) in [5.41, 5.74) is 6.69. The zero-order valence-electron chi connectivity index (χ0n) is 15.7. The molecule has 6 nitrogen and oxygen atoms in total. The molecule has 146 valence electrons. The van der Waals surface area contributed by atoms with Gasteiger partial charge in [-0.25, -0.2) is 4.39 Å². The van der Waals surface area contributed by atoms with Crippen molar-refractivity contribution in [3.05, 3.63) is 17.9 Å². The number of likely N-dealkylation sites (N-methyl/N-ethyl adjacent to an activating group) is 1. The van der Waals surface area contributed by atoms with Crippen LogP contribution in [0.1, 0.15) is 26.2 Å². The fraction of sp³-hybridized carbons (Fsp3) is 0.684. The number of nitrogens with two attached hydrogens (primary N) is 1. The van der Waals surface area contributed by atoms with Crippen molar-refractivity contribution in [1.82, 2.24) is 4.90 Å². The molecule has 2 aliphatic rings. The van der Waals surface area contributed by atoms with Crippen molar-refractivity contribution in [2.75, 3.05) is 57.1 Å². The molecule has 2 N–H and O–H groups in total. The molecule has 0 aliphatic carbocycles. The Bertz CT molecular complexity index is 596. The molecule has 2 atom stereocenters. The smallest absolute Gasteiger partial charge is 0.157 e. The number of ether oxygens (including phenoxy) is 3. The summed E-state index contributed by atoms with van der Waals surface area (Å²) in [7, 11) is 2.08. The second-order valence-corrected chi connectivity index (χ2v) is 7.17. The van der Waals surface area contributed by atoms with Crippen LogP contribution in [-0.2, 0) is 9.47 Å². The standard InChI is InChI=1S/C19H30FN3O3/c1-14-13-22(2)6-7-23(14)19-16(20)11-15(21)12-17(19)24-9-10-26-18-5-3-4-8-25-18/h11-12,14,18H,3-10,13,21H2,1-2H3/t14-,18?/m0/s1. The van der Waals surface area contributed by atoms with Crippen molar-refractivity contribution < 1.29 is 18.6 Å². The Balaban J connectivity index is 1.64. The predicted molar refractivity (Wildman–Crippen MR) is 100 cm³/mol. The van der Waals surface area contributed by atoms with Crippen LogP contribution >= 0.6 is 0 Å². The monoisotopic (exact) mass is 367 g/mol. The van der Waals surface area contributed by atoms with E-state index >= 15 is 0 Å². The number of anilines is 2. The van der Waals surface area contributed by atoms with Crippen LogP contribution in [0.2, 0.25) is 0 Å². The van der Waals surface area contributed by atoms with Crippen LogP contribution in [-0.4, -0.2) is 63.7 Å². The van der Waals surface area contributed by atoms with Gasteiger partial charge in [0.15, 0.2) is 12.1 Å². The molecule has 2 fully saturated rings. The van der Waals surface area contributed by atoms with Crippen molar-refractivity contribution in [2.24, 2.45) is 0 Å². The maximum atomic E-state index is 14.7. The third kappa shape index (κ3) is 4.78. The summed E-state index contributed by atoms with van der Waals surface area (Å²) in [5.74, 6) is 0.139. The Labute approximate surface area is 155 Å².